The standard InChI is InChI=1S/C9H8F3O.Cm/c1-2-7-3-5-8(6-4-7)13-9(10,11)12;/h2-6H,1H3;/q-1;. The second-order valence-electron chi connectivity index (χ2n) is 2.41. The number of benzene rings is 1. The normalized spacial score (nSPS) is 10.3. The summed E-state index contributed by atoms with van der Waals surface area (Å²) in [5.41, 5.74) is 0.856. The Hall–Kier alpha value is -2.32. The number of hydrogen-bond acceptors (Lipinski definition) is 1. The molecule has 0 saturated heterocycles. The molecule has 1 nitrogen and oxygen atoms in total. The van der Waals surface area contributed by atoms with Crippen molar-refractivity contribution in [3.63, 3.8) is 0 Å². The van der Waals surface area contributed by atoms with E-state index in [2.05, 4.69) is 4.74 Å². The minimum Gasteiger partial charge on any atom is -0.408 e. The average molecular weight is 436 g/mol. The van der Waals surface area contributed by atoms with E-state index in [1.54, 1.807) is 25.5 Å². The predicted octanol–water partition coefficient (Wildman–Crippen LogP) is 3.16. The molecular formula is C9H8CmF3O-. The Balaban J connectivity index is 0.00000169. The Morgan fingerprint density at radius 1 is 1.14 bits per heavy atom. The Kier molecular flexibility index (Phi) is 3.40. The van der Waals surface area contributed by atoms with Gasteiger partial charge in [0.25, 0.3) is 0 Å². The van der Waals surface area contributed by atoms with E-state index in [0.717, 1.165) is 5.56 Å². The van der Waals surface area contributed by atoms with E-state index in [4.69, 9.17) is 0 Å². The molecular weight excluding hydrogens is 428 g/mol. The summed E-state index contributed by atoms with van der Waals surface area (Å²) < 4.78 is 38.8. The van der Waals surface area contributed by atoms with Crippen molar-refractivity contribution in [3.8, 4) is 5.75 Å². The van der Waals surface area contributed by atoms with Gasteiger partial charge in [-0.1, -0.05) is 19.1 Å². The van der Waals surface area contributed by atoms with Crippen LogP contribution in [0.15, 0.2) is 24.3 Å². The largest absolute Gasteiger partial charge is 0.573 e. The first kappa shape index (κ1) is 11.7. The van der Waals surface area contributed by atoms with Crippen molar-refractivity contribution < 1.29 is 17.9 Å². The Morgan fingerprint density at radius 3 is 2.00 bits per heavy atom. The first-order chi connectivity index (χ1) is 6.01. The third-order valence-corrected chi connectivity index (χ3v) is 1.45. The predicted molar refractivity (Wildman–Crippen MR) is 42.2 cm³/mol. The van der Waals surface area contributed by atoms with Gasteiger partial charge in [-0.3, -0.25) is 0 Å². The van der Waals surface area contributed by atoms with Crippen molar-refractivity contribution in [1.29, 1.82) is 0 Å². The smallest absolute Gasteiger partial charge is 0.408 e. The molecule has 0 aliphatic carbocycles. The molecule has 80 valence electrons. The SMILES string of the molecule is C[CH-]c1ccc(OC(F)(F)F)cc1.[Cm]. The van der Waals surface area contributed by atoms with Gasteiger partial charge in [0.15, 0.2) is 0 Å². The number of rotatable bonds is 2. The monoisotopic (exact) mass is 432 g/mol. The third kappa shape index (κ3) is 3.38. The summed E-state index contributed by atoms with van der Waals surface area (Å²) in [5.74, 6) is -0.196. The topological polar surface area (TPSA) is 9.23 Å². The molecule has 14 heavy (non-hydrogen) atoms. The second kappa shape index (κ2) is 4.07. The molecule has 0 aromatic heterocycles. The van der Waals surface area contributed by atoms with Crippen molar-refractivity contribution in [1.82, 2.24) is 0 Å². The van der Waals surface area contributed by atoms with E-state index in [-0.39, 0.29) is 5.75 Å². The fraction of sp³-hybridized carbons (Fsp3) is 0.222. The number of halogens is 3. The first-order valence-electron chi connectivity index (χ1n) is 3.66. The van der Waals surface area contributed by atoms with Crippen molar-refractivity contribution >= 4 is 0 Å². The van der Waals surface area contributed by atoms with Crippen LogP contribution in [0.5, 0.6) is 5.75 Å². The summed E-state index contributed by atoms with van der Waals surface area (Å²) in [7, 11) is 0. The van der Waals surface area contributed by atoms with Crippen LogP contribution in [0.1, 0.15) is 12.5 Å². The molecule has 5 heteroatoms. The van der Waals surface area contributed by atoms with Crippen LogP contribution >= 0.6 is 0 Å². The van der Waals surface area contributed by atoms with Crippen LogP contribution in [-0.4, -0.2) is 6.36 Å². The summed E-state index contributed by atoms with van der Waals surface area (Å²) in [4.78, 5) is 0. The number of alkyl halides is 3. The van der Waals surface area contributed by atoms with E-state index < -0.39 is 6.36 Å². The summed E-state index contributed by atoms with van der Waals surface area (Å²) in [6, 6.07) is 5.67. The van der Waals surface area contributed by atoms with E-state index in [0.29, 0.717) is 0 Å². The zero-order valence-corrected chi connectivity index (χ0v) is 10.2. The van der Waals surface area contributed by atoms with Gasteiger partial charge < -0.3 is 4.74 Å². The van der Waals surface area contributed by atoms with Gasteiger partial charge >= 0.3 is 6.36 Å². The van der Waals surface area contributed by atoms with Gasteiger partial charge in [0.1, 0.15) is 5.75 Å². The van der Waals surface area contributed by atoms with E-state index in [9.17, 15) is 13.2 Å². The minimum absolute atomic E-state index is 0. The average Bonchev–Trinajstić information content (AvgIpc) is 2.03. The summed E-state index contributed by atoms with van der Waals surface area (Å²) >= 11 is 0. The van der Waals surface area contributed by atoms with Gasteiger partial charge in [0, 0.05) is 0 Å². The fourth-order valence-corrected chi connectivity index (χ4v) is 0.862. The Morgan fingerprint density at radius 2 is 1.64 bits per heavy atom. The summed E-state index contributed by atoms with van der Waals surface area (Å²) in [6.45, 7) is 1.81. The van der Waals surface area contributed by atoms with Crippen molar-refractivity contribution in [2.45, 2.75) is 13.3 Å². The van der Waals surface area contributed by atoms with Gasteiger partial charge in [0.05, 0.1) is 0 Å². The molecule has 0 spiro atoms. The van der Waals surface area contributed by atoms with Crippen molar-refractivity contribution in [2.75, 3.05) is 0 Å². The molecule has 1 rings (SSSR count). The van der Waals surface area contributed by atoms with Crippen LogP contribution in [0, 0.1) is 6.42 Å². The van der Waals surface area contributed by atoms with Crippen LogP contribution in [0.4, 0.5) is 13.2 Å². The van der Waals surface area contributed by atoms with Crippen molar-refractivity contribution in [2.24, 2.45) is 0 Å². The van der Waals surface area contributed by atoms with E-state index >= 15 is 0 Å². The van der Waals surface area contributed by atoms with E-state index in [1.165, 1.54) is 12.1 Å². The second-order valence-corrected chi connectivity index (χ2v) is 2.41. The van der Waals surface area contributed by atoms with Crippen molar-refractivity contribution in [3.05, 3.63) is 36.2 Å². The molecule has 0 heterocycles. The fourth-order valence-electron chi connectivity index (χ4n) is 0.862. The van der Waals surface area contributed by atoms with Crippen LogP contribution < -0.4 is 4.74 Å². The quantitative estimate of drug-likeness (QED) is 0.648. The maximum Gasteiger partial charge on any atom is 0.573 e. The van der Waals surface area contributed by atoms with Gasteiger partial charge in [-0.15, -0.1) is 13.2 Å². The molecule has 0 N–H and O–H groups in total. The van der Waals surface area contributed by atoms with Crippen LogP contribution in [0.2, 0.25) is 0 Å². The molecule has 0 radical (unpaired) electrons. The molecule has 0 saturated carbocycles. The Bertz CT molecular complexity index is 268. The third-order valence-electron chi connectivity index (χ3n) is 1.45. The maximum absolute atomic E-state index is 11.7. The zero-order chi connectivity index (χ0) is 9.90. The minimum atomic E-state index is -4.61. The molecule has 0 fully saturated rings. The molecule has 1 aromatic carbocycles. The molecule has 1 aromatic rings. The van der Waals surface area contributed by atoms with Gasteiger partial charge in [-0.2, -0.15) is 24.1 Å². The van der Waals surface area contributed by atoms with Gasteiger partial charge in [-0.05, 0) is 0 Å². The molecule has 0 aliphatic heterocycles. The molecule has 0 unspecified atom stereocenters. The Labute approximate surface area is 74.1 Å². The molecule has 0 aliphatic rings. The zero-order valence-electron chi connectivity index (χ0n) is 7.28. The summed E-state index contributed by atoms with van der Waals surface area (Å²) in [5, 5.41) is 0. The van der Waals surface area contributed by atoms with Gasteiger partial charge in [-0.25, -0.2) is 0 Å². The van der Waals surface area contributed by atoms with Crippen LogP contribution in [0.3, 0.4) is 0 Å². The van der Waals surface area contributed by atoms with E-state index in [1.807, 2.05) is 0 Å². The molecule has 0 bridgehead atoms. The maximum atomic E-state index is 11.7. The van der Waals surface area contributed by atoms with Crippen LogP contribution in [-0.2, 0) is 0 Å². The van der Waals surface area contributed by atoms with Gasteiger partial charge in [0.2, 0.25) is 0 Å². The first-order valence-corrected chi connectivity index (χ1v) is 3.66. The number of hydrogen-bond donors (Lipinski definition) is 0. The number of ether oxygens (including phenoxy) is 1. The molecule has 0 amide bonds. The van der Waals surface area contributed by atoms with Crippen LogP contribution in [0.25, 0.3) is 0 Å². The molecule has 0 atom stereocenters. The summed E-state index contributed by atoms with van der Waals surface area (Å²) in [6.07, 6.45) is -2.82.